The summed E-state index contributed by atoms with van der Waals surface area (Å²) in [6.45, 7) is 1.78. The van der Waals surface area contributed by atoms with Crippen LogP contribution in [0.3, 0.4) is 0 Å². The first-order valence-corrected chi connectivity index (χ1v) is 5.42. The molecule has 1 aliphatic rings. The van der Waals surface area contributed by atoms with Crippen LogP contribution >= 0.6 is 11.5 Å². The van der Waals surface area contributed by atoms with Crippen molar-refractivity contribution in [1.29, 1.82) is 0 Å². The Hall–Kier alpha value is -0.680. The van der Waals surface area contributed by atoms with E-state index in [9.17, 15) is 0 Å². The van der Waals surface area contributed by atoms with Gasteiger partial charge in [-0.15, -0.1) is 0 Å². The monoisotopic (exact) mass is 198 g/mol. The van der Waals surface area contributed by atoms with Gasteiger partial charge in [-0.3, -0.25) is 0 Å². The summed E-state index contributed by atoms with van der Waals surface area (Å²) in [6.07, 6.45) is 5.25. The molecule has 13 heavy (non-hydrogen) atoms. The summed E-state index contributed by atoms with van der Waals surface area (Å²) in [5.74, 6) is 0. The van der Waals surface area contributed by atoms with Gasteiger partial charge in [0, 0.05) is 24.1 Å². The maximum absolute atomic E-state index is 5.49. The number of aromatic nitrogens is 2. The second-order valence-corrected chi connectivity index (χ2v) is 4.05. The van der Waals surface area contributed by atoms with Crippen LogP contribution in [0.1, 0.15) is 19.3 Å². The van der Waals surface area contributed by atoms with Crippen LogP contribution in [0.4, 0.5) is 5.13 Å². The number of nitrogens with two attached hydrogens (primary N) is 1. The topological polar surface area (TPSA) is 55.0 Å². The van der Waals surface area contributed by atoms with Crippen molar-refractivity contribution in [1.82, 2.24) is 9.36 Å². The van der Waals surface area contributed by atoms with Gasteiger partial charge in [0.15, 0.2) is 0 Å². The van der Waals surface area contributed by atoms with E-state index in [1.165, 1.54) is 24.4 Å². The summed E-state index contributed by atoms with van der Waals surface area (Å²) in [5, 5.41) is 1.05. The number of hydrogen-bond acceptors (Lipinski definition) is 5. The molecule has 72 valence electrons. The maximum Gasteiger partial charge on any atom is 0.205 e. The average Bonchev–Trinajstić information content (AvgIpc) is 2.82. The molecule has 0 aromatic carbocycles. The van der Waals surface area contributed by atoms with Gasteiger partial charge in [-0.25, -0.2) is 4.98 Å². The van der Waals surface area contributed by atoms with Crippen LogP contribution in [0.15, 0.2) is 6.33 Å². The smallest absolute Gasteiger partial charge is 0.205 e. The van der Waals surface area contributed by atoms with E-state index in [-0.39, 0.29) is 0 Å². The van der Waals surface area contributed by atoms with Crippen LogP contribution in [-0.2, 0) is 0 Å². The van der Waals surface area contributed by atoms with Crippen molar-refractivity contribution in [2.24, 2.45) is 5.73 Å². The largest absolute Gasteiger partial charge is 0.344 e. The van der Waals surface area contributed by atoms with Gasteiger partial charge in [-0.2, -0.15) is 4.37 Å². The fourth-order valence-electron chi connectivity index (χ4n) is 1.38. The predicted octanol–water partition coefficient (Wildman–Crippen LogP) is 0.856. The van der Waals surface area contributed by atoms with Gasteiger partial charge in [0.2, 0.25) is 5.13 Å². The lowest BCUT2D eigenvalue weighted by atomic mass is 10.4. The van der Waals surface area contributed by atoms with Gasteiger partial charge in [0.05, 0.1) is 0 Å². The summed E-state index contributed by atoms with van der Waals surface area (Å²) in [7, 11) is 0. The minimum atomic E-state index is 0.708. The van der Waals surface area contributed by atoms with Crippen molar-refractivity contribution < 1.29 is 0 Å². The van der Waals surface area contributed by atoms with Crippen LogP contribution in [0.2, 0.25) is 0 Å². The van der Waals surface area contributed by atoms with Crippen LogP contribution in [0, 0.1) is 0 Å². The molecule has 2 rings (SSSR count). The van der Waals surface area contributed by atoms with Crippen molar-refractivity contribution in [3.63, 3.8) is 0 Å². The molecule has 1 aromatic rings. The van der Waals surface area contributed by atoms with Crippen LogP contribution in [0.5, 0.6) is 0 Å². The van der Waals surface area contributed by atoms with Crippen LogP contribution < -0.4 is 10.6 Å². The fourth-order valence-corrected chi connectivity index (χ4v) is 2.00. The molecule has 0 saturated heterocycles. The molecule has 4 nitrogen and oxygen atoms in total. The van der Waals surface area contributed by atoms with Gasteiger partial charge in [-0.1, -0.05) is 0 Å². The summed E-state index contributed by atoms with van der Waals surface area (Å²) >= 11 is 1.47. The summed E-state index contributed by atoms with van der Waals surface area (Å²) in [5.41, 5.74) is 5.49. The van der Waals surface area contributed by atoms with Crippen LogP contribution in [0.25, 0.3) is 0 Å². The Morgan fingerprint density at radius 2 is 2.46 bits per heavy atom. The van der Waals surface area contributed by atoms with Gasteiger partial charge >= 0.3 is 0 Å². The lowest BCUT2D eigenvalue weighted by molar-refractivity contribution is 0.730. The van der Waals surface area contributed by atoms with E-state index >= 15 is 0 Å². The second kappa shape index (κ2) is 4.02. The molecule has 1 aromatic heterocycles. The Morgan fingerprint density at radius 1 is 1.62 bits per heavy atom. The molecule has 1 heterocycles. The molecule has 1 aliphatic carbocycles. The van der Waals surface area contributed by atoms with Gasteiger partial charge in [0.25, 0.3) is 0 Å². The molecule has 1 fully saturated rings. The molecular weight excluding hydrogens is 184 g/mol. The number of anilines is 1. The van der Waals surface area contributed by atoms with E-state index in [1.54, 1.807) is 6.33 Å². The molecule has 0 spiro atoms. The zero-order valence-electron chi connectivity index (χ0n) is 7.52. The Labute approximate surface area is 81.9 Å². The van der Waals surface area contributed by atoms with E-state index in [4.69, 9.17) is 5.73 Å². The average molecular weight is 198 g/mol. The zero-order chi connectivity index (χ0) is 9.10. The third-order valence-electron chi connectivity index (χ3n) is 2.19. The van der Waals surface area contributed by atoms with Crippen molar-refractivity contribution in [2.45, 2.75) is 25.3 Å². The van der Waals surface area contributed by atoms with Gasteiger partial charge in [-0.05, 0) is 25.8 Å². The number of hydrogen-bond donors (Lipinski definition) is 1. The fraction of sp³-hybridized carbons (Fsp3) is 0.750. The Kier molecular flexibility index (Phi) is 2.75. The van der Waals surface area contributed by atoms with E-state index in [0.717, 1.165) is 24.6 Å². The zero-order valence-corrected chi connectivity index (χ0v) is 8.33. The highest BCUT2D eigenvalue weighted by Gasteiger charge is 2.30. The number of rotatable bonds is 5. The first-order chi connectivity index (χ1) is 6.42. The molecule has 5 heteroatoms. The second-order valence-electron chi connectivity index (χ2n) is 3.29. The van der Waals surface area contributed by atoms with E-state index in [1.807, 2.05) is 0 Å². The predicted molar refractivity (Wildman–Crippen MR) is 53.9 cm³/mol. The van der Waals surface area contributed by atoms with Crippen molar-refractivity contribution in [2.75, 3.05) is 18.0 Å². The number of nitrogens with zero attached hydrogens (tertiary/aromatic N) is 3. The summed E-state index contributed by atoms with van der Waals surface area (Å²) in [4.78, 5) is 6.56. The minimum Gasteiger partial charge on any atom is -0.344 e. The normalized spacial score (nSPS) is 16.1. The van der Waals surface area contributed by atoms with E-state index < -0.39 is 0 Å². The Bertz CT molecular complexity index is 245. The first kappa shape index (κ1) is 8.90. The maximum atomic E-state index is 5.49. The molecule has 0 radical (unpaired) electrons. The highest BCUT2D eigenvalue weighted by Crippen LogP contribution is 2.31. The Morgan fingerprint density at radius 3 is 3.00 bits per heavy atom. The molecule has 0 aliphatic heterocycles. The van der Waals surface area contributed by atoms with Crippen molar-refractivity contribution >= 4 is 16.7 Å². The van der Waals surface area contributed by atoms with Gasteiger partial charge in [0.1, 0.15) is 6.33 Å². The molecule has 2 N–H and O–H groups in total. The highest BCUT2D eigenvalue weighted by atomic mass is 32.1. The third-order valence-corrected chi connectivity index (χ3v) is 2.89. The molecular formula is C8H14N4S. The lowest BCUT2D eigenvalue weighted by Gasteiger charge is -2.20. The SMILES string of the molecule is NCCCN(c1ncns1)C1CC1. The molecule has 0 amide bonds. The lowest BCUT2D eigenvalue weighted by Crippen LogP contribution is -2.28. The quantitative estimate of drug-likeness (QED) is 0.762. The van der Waals surface area contributed by atoms with Gasteiger partial charge < -0.3 is 10.6 Å². The molecule has 0 unspecified atom stereocenters. The van der Waals surface area contributed by atoms with Crippen molar-refractivity contribution in [3.8, 4) is 0 Å². The van der Waals surface area contributed by atoms with Crippen molar-refractivity contribution in [3.05, 3.63) is 6.33 Å². The molecule has 0 atom stereocenters. The summed E-state index contributed by atoms with van der Waals surface area (Å²) < 4.78 is 4.02. The molecule has 0 bridgehead atoms. The summed E-state index contributed by atoms with van der Waals surface area (Å²) in [6, 6.07) is 0.708. The van der Waals surface area contributed by atoms with Crippen LogP contribution in [-0.4, -0.2) is 28.5 Å². The Balaban J connectivity index is 1.97. The highest BCUT2D eigenvalue weighted by molar-refractivity contribution is 7.09. The standard InChI is InChI=1S/C8H14N4S/c9-4-1-5-12(7-2-3-7)8-10-6-11-13-8/h6-7H,1-5,9H2. The van der Waals surface area contributed by atoms with E-state index in [0.29, 0.717) is 6.04 Å². The van der Waals surface area contributed by atoms with E-state index in [2.05, 4.69) is 14.3 Å². The third kappa shape index (κ3) is 2.16. The first-order valence-electron chi connectivity index (χ1n) is 4.65. The minimum absolute atomic E-state index is 0.708. The molecule has 1 saturated carbocycles.